The van der Waals surface area contributed by atoms with Gasteiger partial charge in [0, 0.05) is 17.9 Å². The highest BCUT2D eigenvalue weighted by atomic mass is 19.4. The van der Waals surface area contributed by atoms with Crippen molar-refractivity contribution in [1.82, 2.24) is 0 Å². The molecule has 1 aliphatic rings. The first-order valence-corrected chi connectivity index (χ1v) is 9.27. The van der Waals surface area contributed by atoms with Gasteiger partial charge in [-0.1, -0.05) is 36.5 Å². The van der Waals surface area contributed by atoms with Crippen LogP contribution in [0.25, 0.3) is 0 Å². The van der Waals surface area contributed by atoms with Crippen molar-refractivity contribution in [1.29, 1.82) is 0 Å². The van der Waals surface area contributed by atoms with E-state index in [2.05, 4.69) is 4.74 Å². The highest BCUT2D eigenvalue weighted by molar-refractivity contribution is 6.07. The molecule has 1 rings (SSSR count). The zero-order chi connectivity index (χ0) is 21.0. The lowest BCUT2D eigenvalue weighted by Crippen LogP contribution is -2.08. The summed E-state index contributed by atoms with van der Waals surface area (Å²) in [7, 11) is 1.35. The molecule has 4 nitrogen and oxygen atoms in total. The minimum absolute atomic E-state index is 0.0719. The van der Waals surface area contributed by atoms with Crippen molar-refractivity contribution in [2.45, 2.75) is 57.2 Å². The van der Waals surface area contributed by atoms with Crippen molar-refractivity contribution < 1.29 is 32.6 Å². The number of methoxy groups -OCH3 is 1. The molecule has 0 bridgehead atoms. The molecule has 0 heterocycles. The van der Waals surface area contributed by atoms with E-state index in [0.29, 0.717) is 24.8 Å². The lowest BCUT2D eigenvalue weighted by atomic mass is 9.96. The maximum Gasteiger partial charge on any atom is 0.392 e. The van der Waals surface area contributed by atoms with E-state index in [0.717, 1.165) is 12.5 Å². The van der Waals surface area contributed by atoms with Gasteiger partial charge in [-0.3, -0.25) is 9.59 Å². The first kappa shape index (κ1) is 23.9. The molecule has 1 aliphatic carbocycles. The fourth-order valence-corrected chi connectivity index (χ4v) is 2.70. The number of unbranched alkanes of at least 4 members (excludes halogenated alkanes) is 1. The number of allylic oxidation sites excluding steroid dienone is 6. The van der Waals surface area contributed by atoms with Crippen LogP contribution in [0, 0.1) is 5.92 Å². The minimum atomic E-state index is -4.24. The Balaban J connectivity index is 2.41. The minimum Gasteiger partial charge on any atom is -0.469 e. The summed E-state index contributed by atoms with van der Waals surface area (Å²) < 4.78 is 40.7. The van der Waals surface area contributed by atoms with Gasteiger partial charge in [0.15, 0.2) is 5.78 Å². The summed E-state index contributed by atoms with van der Waals surface area (Å²) in [5.74, 6) is -0.420. The molecule has 7 heteroatoms. The first-order chi connectivity index (χ1) is 13.2. The number of carbonyl (C=O) groups is 2. The number of hydrogen-bond acceptors (Lipinski definition) is 4. The molecule has 0 fully saturated rings. The number of ether oxygens (including phenoxy) is 1. The fraction of sp³-hybridized carbons (Fsp3) is 0.524. The SMILES string of the molecule is COC(=O)CCCC=CCC1C=CC(=O)C1=CCC(O)CC=CCC(F)(F)F. The Bertz CT molecular complexity index is 630. The predicted molar refractivity (Wildman–Crippen MR) is 100 cm³/mol. The van der Waals surface area contributed by atoms with Crippen LogP contribution in [0.15, 0.2) is 48.1 Å². The van der Waals surface area contributed by atoms with E-state index in [4.69, 9.17) is 0 Å². The summed E-state index contributed by atoms with van der Waals surface area (Å²) in [6.45, 7) is 0. The maximum absolute atomic E-state index is 12.0. The van der Waals surface area contributed by atoms with E-state index in [1.807, 2.05) is 18.2 Å². The second-order valence-corrected chi connectivity index (χ2v) is 6.58. The Labute approximate surface area is 163 Å². The Morgan fingerprint density at radius 3 is 2.68 bits per heavy atom. The standard InChI is InChI=1S/C21H27F3O4/c1-28-20(27)10-5-3-2-4-8-16-11-14-19(26)18(16)13-12-17(25)9-6-7-15-21(22,23)24/h2,4,6-7,11,13-14,16-17,25H,3,5,8-10,12,15H2,1H3. The molecule has 0 aliphatic heterocycles. The average molecular weight is 400 g/mol. The summed E-state index contributed by atoms with van der Waals surface area (Å²) in [6, 6.07) is 0. The predicted octanol–water partition coefficient (Wildman–Crippen LogP) is 4.61. The van der Waals surface area contributed by atoms with Crippen LogP contribution in [0.2, 0.25) is 0 Å². The van der Waals surface area contributed by atoms with Crippen molar-refractivity contribution >= 4 is 11.8 Å². The fourth-order valence-electron chi connectivity index (χ4n) is 2.70. The molecular weight excluding hydrogens is 373 g/mol. The third kappa shape index (κ3) is 10.3. The molecule has 156 valence electrons. The Kier molecular flexibility index (Phi) is 10.5. The molecule has 0 amide bonds. The zero-order valence-corrected chi connectivity index (χ0v) is 16.0. The van der Waals surface area contributed by atoms with Gasteiger partial charge >= 0.3 is 12.1 Å². The molecule has 1 N–H and O–H groups in total. The van der Waals surface area contributed by atoms with Crippen molar-refractivity contribution in [3.05, 3.63) is 48.1 Å². The van der Waals surface area contributed by atoms with Gasteiger partial charge in [0.25, 0.3) is 0 Å². The van der Waals surface area contributed by atoms with Crippen LogP contribution in [-0.4, -0.2) is 36.2 Å². The molecule has 0 saturated heterocycles. The van der Waals surface area contributed by atoms with Crippen molar-refractivity contribution in [3.8, 4) is 0 Å². The van der Waals surface area contributed by atoms with E-state index in [-0.39, 0.29) is 30.5 Å². The Morgan fingerprint density at radius 1 is 1.25 bits per heavy atom. The maximum atomic E-state index is 12.0. The molecule has 2 unspecified atom stereocenters. The number of rotatable bonds is 11. The molecule has 0 aromatic rings. The second kappa shape index (κ2) is 12.3. The second-order valence-electron chi connectivity index (χ2n) is 6.58. The number of carbonyl (C=O) groups excluding carboxylic acids is 2. The van der Waals surface area contributed by atoms with Gasteiger partial charge < -0.3 is 9.84 Å². The lowest BCUT2D eigenvalue weighted by molar-refractivity contribution is -0.140. The summed E-state index contributed by atoms with van der Waals surface area (Å²) in [5.41, 5.74) is 0.595. The van der Waals surface area contributed by atoms with Crippen molar-refractivity contribution in [2.24, 2.45) is 5.92 Å². The highest BCUT2D eigenvalue weighted by Gasteiger charge is 2.24. The third-order valence-electron chi connectivity index (χ3n) is 4.23. The normalized spacial score (nSPS) is 20.0. The first-order valence-electron chi connectivity index (χ1n) is 9.27. The number of ketones is 1. The molecule has 2 atom stereocenters. The molecule has 0 aromatic heterocycles. The highest BCUT2D eigenvalue weighted by Crippen LogP contribution is 2.26. The topological polar surface area (TPSA) is 63.6 Å². The lowest BCUT2D eigenvalue weighted by Gasteiger charge is -2.10. The molecule has 0 radical (unpaired) electrons. The molecule has 0 aromatic carbocycles. The largest absolute Gasteiger partial charge is 0.469 e. The van der Waals surface area contributed by atoms with Gasteiger partial charge in [0.05, 0.1) is 19.6 Å². The number of halogens is 3. The molecular formula is C21H27F3O4. The number of hydrogen-bond donors (Lipinski definition) is 1. The van der Waals surface area contributed by atoms with Crippen molar-refractivity contribution in [3.63, 3.8) is 0 Å². The molecule has 0 spiro atoms. The Hall–Kier alpha value is -2.15. The van der Waals surface area contributed by atoms with E-state index in [1.165, 1.54) is 19.3 Å². The average Bonchev–Trinajstić information content (AvgIpc) is 2.98. The molecule has 0 saturated carbocycles. The third-order valence-corrected chi connectivity index (χ3v) is 4.23. The van der Waals surface area contributed by atoms with E-state index in [9.17, 15) is 27.9 Å². The van der Waals surface area contributed by atoms with Crippen LogP contribution < -0.4 is 0 Å². The van der Waals surface area contributed by atoms with Gasteiger partial charge in [0.2, 0.25) is 0 Å². The van der Waals surface area contributed by atoms with Gasteiger partial charge in [-0.2, -0.15) is 13.2 Å². The van der Waals surface area contributed by atoms with E-state index in [1.54, 1.807) is 6.08 Å². The van der Waals surface area contributed by atoms with Crippen LogP contribution in [0.3, 0.4) is 0 Å². The number of esters is 1. The summed E-state index contributed by atoms with van der Waals surface area (Å²) >= 11 is 0. The van der Waals surface area contributed by atoms with E-state index >= 15 is 0 Å². The van der Waals surface area contributed by atoms with Crippen LogP contribution >= 0.6 is 0 Å². The quantitative estimate of drug-likeness (QED) is 0.238. The number of alkyl halides is 3. The zero-order valence-electron chi connectivity index (χ0n) is 16.0. The number of aliphatic hydroxyl groups excluding tert-OH is 1. The van der Waals surface area contributed by atoms with Crippen LogP contribution in [-0.2, 0) is 14.3 Å². The van der Waals surface area contributed by atoms with Gasteiger partial charge in [-0.15, -0.1) is 0 Å². The number of aliphatic hydroxyl groups is 1. The summed E-state index contributed by atoms with van der Waals surface area (Å²) in [4.78, 5) is 23.0. The van der Waals surface area contributed by atoms with E-state index < -0.39 is 18.7 Å². The monoisotopic (exact) mass is 400 g/mol. The van der Waals surface area contributed by atoms with Gasteiger partial charge in [0.1, 0.15) is 0 Å². The molecule has 28 heavy (non-hydrogen) atoms. The van der Waals surface area contributed by atoms with Gasteiger partial charge in [-0.25, -0.2) is 0 Å². The van der Waals surface area contributed by atoms with Crippen LogP contribution in [0.5, 0.6) is 0 Å². The summed E-state index contributed by atoms with van der Waals surface area (Å²) in [5, 5.41) is 9.89. The summed E-state index contributed by atoms with van der Waals surface area (Å²) in [6.07, 6.45) is 7.82. The van der Waals surface area contributed by atoms with Crippen LogP contribution in [0.4, 0.5) is 13.2 Å². The van der Waals surface area contributed by atoms with Gasteiger partial charge in [-0.05, 0) is 38.2 Å². The van der Waals surface area contributed by atoms with Crippen LogP contribution in [0.1, 0.15) is 44.9 Å². The van der Waals surface area contributed by atoms with Crippen molar-refractivity contribution in [2.75, 3.05) is 7.11 Å². The Morgan fingerprint density at radius 2 is 2.00 bits per heavy atom. The smallest absolute Gasteiger partial charge is 0.392 e.